The number of rotatable bonds is 4. The topological polar surface area (TPSA) is 95.9 Å². The van der Waals surface area contributed by atoms with E-state index in [0.29, 0.717) is 11.2 Å². The molecule has 0 amide bonds. The summed E-state index contributed by atoms with van der Waals surface area (Å²) in [5, 5.41) is 0. The number of aromatic nitrogens is 4. The molecule has 7 nitrogen and oxygen atoms in total. The number of nitrogens with zero attached hydrogens (tertiary/aromatic N) is 4. The fourth-order valence-corrected chi connectivity index (χ4v) is 2.20. The van der Waals surface area contributed by atoms with E-state index in [2.05, 4.69) is 15.0 Å². The Balaban J connectivity index is 1.87. The van der Waals surface area contributed by atoms with Crippen LogP contribution in [0.25, 0.3) is 11.2 Å². The van der Waals surface area contributed by atoms with Crippen LogP contribution in [-0.2, 0) is 11.3 Å². The molecule has 2 N–H and O–H groups in total. The summed E-state index contributed by atoms with van der Waals surface area (Å²) in [5.74, 6) is -0.506. The molecule has 3 aromatic rings. The molecular formula is C16H17N5O2. The van der Waals surface area contributed by atoms with Crippen LogP contribution in [0.3, 0.4) is 0 Å². The molecule has 0 bridgehead atoms. The monoisotopic (exact) mass is 311 g/mol. The molecule has 1 aromatic carbocycles. The summed E-state index contributed by atoms with van der Waals surface area (Å²) < 4.78 is 7.08. The number of nitrogens with two attached hydrogens (primary N) is 1. The zero-order valence-electron chi connectivity index (χ0n) is 12.9. The van der Waals surface area contributed by atoms with E-state index in [-0.39, 0.29) is 24.3 Å². The van der Waals surface area contributed by atoms with Crippen molar-refractivity contribution in [3.8, 4) is 0 Å². The molecule has 3 rings (SSSR count). The maximum Gasteiger partial charge on any atom is 0.376 e. The molecular weight excluding hydrogens is 294 g/mol. The van der Waals surface area contributed by atoms with E-state index >= 15 is 0 Å². The Kier molecular flexibility index (Phi) is 3.92. The molecule has 0 radical (unpaired) electrons. The van der Waals surface area contributed by atoms with Gasteiger partial charge >= 0.3 is 5.97 Å². The molecule has 7 heteroatoms. The van der Waals surface area contributed by atoms with Gasteiger partial charge in [0.25, 0.3) is 0 Å². The first-order chi connectivity index (χ1) is 11.1. The zero-order chi connectivity index (χ0) is 16.4. The summed E-state index contributed by atoms with van der Waals surface area (Å²) in [6.45, 7) is 4.14. The second-order valence-electron chi connectivity index (χ2n) is 5.41. The Morgan fingerprint density at radius 1 is 1.26 bits per heavy atom. The number of fused-ring (bicyclic) bond motifs is 1. The van der Waals surface area contributed by atoms with E-state index in [1.165, 1.54) is 0 Å². The van der Waals surface area contributed by atoms with Gasteiger partial charge in [0, 0.05) is 6.04 Å². The molecule has 0 saturated carbocycles. The third-order valence-corrected chi connectivity index (χ3v) is 3.40. The van der Waals surface area contributed by atoms with Crippen LogP contribution < -0.4 is 5.73 Å². The van der Waals surface area contributed by atoms with Gasteiger partial charge in [-0.25, -0.2) is 19.7 Å². The Labute approximate surface area is 133 Å². The quantitative estimate of drug-likeness (QED) is 0.743. The molecule has 0 aliphatic rings. The molecule has 0 aliphatic heterocycles. The van der Waals surface area contributed by atoms with Crippen molar-refractivity contribution in [3.63, 3.8) is 0 Å². The van der Waals surface area contributed by atoms with Crippen LogP contribution in [0.5, 0.6) is 0 Å². The maximum absolute atomic E-state index is 12.2. The lowest BCUT2D eigenvalue weighted by molar-refractivity contribution is 0.0458. The highest BCUT2D eigenvalue weighted by Gasteiger charge is 2.18. The smallest absolute Gasteiger partial charge is 0.376 e. The molecule has 0 aliphatic carbocycles. The van der Waals surface area contributed by atoms with Gasteiger partial charge in [-0.1, -0.05) is 30.3 Å². The minimum atomic E-state index is -0.612. The first-order valence-electron chi connectivity index (χ1n) is 7.27. The van der Waals surface area contributed by atoms with Gasteiger partial charge in [-0.2, -0.15) is 0 Å². The molecule has 0 fully saturated rings. The van der Waals surface area contributed by atoms with Gasteiger partial charge in [-0.05, 0) is 19.4 Å². The molecule has 23 heavy (non-hydrogen) atoms. The average molecular weight is 311 g/mol. The lowest BCUT2D eigenvalue weighted by Gasteiger charge is -2.08. The summed E-state index contributed by atoms with van der Waals surface area (Å²) in [6.07, 6.45) is 1.64. The van der Waals surface area contributed by atoms with E-state index in [9.17, 15) is 4.79 Å². The van der Waals surface area contributed by atoms with Gasteiger partial charge in [0.05, 0.1) is 6.33 Å². The number of hydrogen-bond donors (Lipinski definition) is 1. The number of carbonyl (C=O) groups is 1. The van der Waals surface area contributed by atoms with Crippen molar-refractivity contribution >= 4 is 23.0 Å². The summed E-state index contributed by atoms with van der Waals surface area (Å²) in [7, 11) is 0. The van der Waals surface area contributed by atoms with Crippen LogP contribution in [0, 0.1) is 0 Å². The van der Waals surface area contributed by atoms with Gasteiger partial charge < -0.3 is 15.0 Å². The fourth-order valence-electron chi connectivity index (χ4n) is 2.20. The molecule has 118 valence electrons. The lowest BCUT2D eigenvalue weighted by atomic mass is 10.2. The number of ether oxygens (including phenoxy) is 1. The van der Waals surface area contributed by atoms with Crippen molar-refractivity contribution < 1.29 is 9.53 Å². The number of carbonyl (C=O) groups excluding carboxylic acids is 1. The molecule has 0 saturated heterocycles. The number of benzene rings is 1. The van der Waals surface area contributed by atoms with Crippen LogP contribution in [0.4, 0.5) is 5.82 Å². The van der Waals surface area contributed by atoms with Crippen molar-refractivity contribution in [2.75, 3.05) is 5.73 Å². The highest BCUT2D eigenvalue weighted by molar-refractivity contribution is 5.90. The molecule has 2 aromatic heterocycles. The number of hydrogen-bond acceptors (Lipinski definition) is 6. The first-order valence-corrected chi connectivity index (χ1v) is 7.27. The van der Waals surface area contributed by atoms with Crippen LogP contribution in [0.15, 0.2) is 36.7 Å². The largest absolute Gasteiger partial charge is 0.455 e. The molecule has 0 spiro atoms. The highest BCUT2D eigenvalue weighted by atomic mass is 16.5. The van der Waals surface area contributed by atoms with Gasteiger partial charge in [0.1, 0.15) is 12.1 Å². The lowest BCUT2D eigenvalue weighted by Crippen LogP contribution is -2.13. The van der Waals surface area contributed by atoms with E-state index in [0.717, 1.165) is 5.56 Å². The first kappa shape index (κ1) is 15.0. The van der Waals surface area contributed by atoms with Crippen LogP contribution in [0.2, 0.25) is 0 Å². The van der Waals surface area contributed by atoms with Crippen LogP contribution in [-0.4, -0.2) is 25.5 Å². The summed E-state index contributed by atoms with van der Waals surface area (Å²) >= 11 is 0. The molecule has 0 atom stereocenters. The summed E-state index contributed by atoms with van der Waals surface area (Å²) in [5.41, 5.74) is 7.78. The third kappa shape index (κ3) is 2.98. The van der Waals surface area contributed by atoms with Crippen LogP contribution in [0.1, 0.15) is 36.1 Å². The van der Waals surface area contributed by atoms with E-state index in [1.807, 2.05) is 48.7 Å². The second kappa shape index (κ2) is 6.04. The number of nitrogen functional groups attached to an aromatic ring is 1. The van der Waals surface area contributed by atoms with Gasteiger partial charge in [0.2, 0.25) is 5.82 Å². The minimum absolute atomic E-state index is 0.0617. The Morgan fingerprint density at radius 2 is 2.00 bits per heavy atom. The third-order valence-electron chi connectivity index (χ3n) is 3.40. The number of imidazole rings is 1. The molecule has 2 heterocycles. The number of anilines is 1. The Bertz CT molecular complexity index is 842. The van der Waals surface area contributed by atoms with Gasteiger partial charge in [-0.3, -0.25) is 0 Å². The van der Waals surface area contributed by atoms with Crippen molar-refractivity contribution in [3.05, 3.63) is 48.0 Å². The Morgan fingerprint density at radius 3 is 2.70 bits per heavy atom. The Hall–Kier alpha value is -2.96. The van der Waals surface area contributed by atoms with Gasteiger partial charge in [0.15, 0.2) is 11.5 Å². The predicted octanol–water partition coefficient (Wildman–Crippen LogP) is 2.35. The predicted molar refractivity (Wildman–Crippen MR) is 85.7 cm³/mol. The van der Waals surface area contributed by atoms with Crippen molar-refractivity contribution in [2.45, 2.75) is 26.5 Å². The molecule has 0 unspecified atom stereocenters. The second-order valence-corrected chi connectivity index (χ2v) is 5.41. The fraction of sp³-hybridized carbons (Fsp3) is 0.250. The normalized spacial score (nSPS) is 11.1. The van der Waals surface area contributed by atoms with Crippen molar-refractivity contribution in [1.29, 1.82) is 0 Å². The van der Waals surface area contributed by atoms with Gasteiger partial charge in [-0.15, -0.1) is 0 Å². The summed E-state index contributed by atoms with van der Waals surface area (Å²) in [4.78, 5) is 24.6. The zero-order valence-corrected chi connectivity index (χ0v) is 12.9. The minimum Gasteiger partial charge on any atom is -0.455 e. The van der Waals surface area contributed by atoms with E-state index in [4.69, 9.17) is 10.5 Å². The van der Waals surface area contributed by atoms with E-state index < -0.39 is 5.97 Å². The summed E-state index contributed by atoms with van der Waals surface area (Å²) in [6, 6.07) is 9.55. The van der Waals surface area contributed by atoms with Crippen molar-refractivity contribution in [2.24, 2.45) is 0 Å². The van der Waals surface area contributed by atoms with E-state index in [1.54, 1.807) is 6.33 Å². The number of esters is 1. The average Bonchev–Trinajstić information content (AvgIpc) is 2.98. The van der Waals surface area contributed by atoms with Crippen LogP contribution >= 0.6 is 0 Å². The standard InChI is InChI=1S/C16H17N5O2/c1-10(2)21-9-18-12-13(17)19-14(20-15(12)21)16(22)23-8-11-6-4-3-5-7-11/h3-7,9-10H,8H2,1-2H3,(H2,17,19,20). The maximum atomic E-state index is 12.2. The highest BCUT2D eigenvalue weighted by Crippen LogP contribution is 2.19. The SMILES string of the molecule is CC(C)n1cnc2c(N)nc(C(=O)OCc3ccccc3)nc21. The van der Waals surface area contributed by atoms with Crippen molar-refractivity contribution in [1.82, 2.24) is 19.5 Å².